The summed E-state index contributed by atoms with van der Waals surface area (Å²) in [5.41, 5.74) is 0.982. The molecule has 0 aromatic heterocycles. The summed E-state index contributed by atoms with van der Waals surface area (Å²) >= 11 is 3.31. The van der Waals surface area contributed by atoms with Crippen LogP contribution in [0.15, 0.2) is 46.9 Å². The number of halogens is 3. The van der Waals surface area contributed by atoms with Crippen LogP contribution >= 0.6 is 15.9 Å². The van der Waals surface area contributed by atoms with Crippen molar-refractivity contribution in [2.45, 2.75) is 6.54 Å². The van der Waals surface area contributed by atoms with E-state index in [2.05, 4.69) is 26.6 Å². The number of nitrogens with one attached hydrogen (secondary N) is 2. The molecular weight excluding hydrogens is 342 g/mol. The number of benzene rings is 2. The van der Waals surface area contributed by atoms with Crippen LogP contribution in [0.5, 0.6) is 0 Å². The van der Waals surface area contributed by atoms with Crippen molar-refractivity contribution in [1.82, 2.24) is 5.32 Å². The lowest BCUT2D eigenvalue weighted by atomic mass is 10.2. The predicted molar refractivity (Wildman–Crippen MR) is 80.8 cm³/mol. The van der Waals surface area contributed by atoms with Gasteiger partial charge in [-0.3, -0.25) is 4.79 Å². The van der Waals surface area contributed by atoms with Crippen LogP contribution in [0.3, 0.4) is 0 Å². The van der Waals surface area contributed by atoms with Crippen LogP contribution in [0.4, 0.5) is 14.5 Å². The Labute approximate surface area is 129 Å². The Balaban J connectivity index is 1.81. The topological polar surface area (TPSA) is 41.1 Å². The summed E-state index contributed by atoms with van der Waals surface area (Å²) in [6.45, 7) is 0.182. The normalized spacial score (nSPS) is 10.4. The molecule has 1 amide bonds. The second-order valence-corrected chi connectivity index (χ2v) is 5.31. The lowest BCUT2D eigenvalue weighted by molar-refractivity contribution is -0.115. The molecule has 0 heterocycles. The monoisotopic (exact) mass is 354 g/mol. The molecule has 0 spiro atoms. The van der Waals surface area contributed by atoms with Crippen molar-refractivity contribution in [3.63, 3.8) is 0 Å². The highest BCUT2D eigenvalue weighted by atomic mass is 79.9. The molecule has 0 bridgehead atoms. The van der Waals surface area contributed by atoms with Gasteiger partial charge in [0.25, 0.3) is 0 Å². The molecule has 0 aliphatic carbocycles. The molecule has 0 fully saturated rings. The van der Waals surface area contributed by atoms with Gasteiger partial charge in [-0.15, -0.1) is 0 Å². The molecule has 0 atom stereocenters. The second-order valence-electron chi connectivity index (χ2n) is 4.40. The predicted octanol–water partition coefficient (Wildman–Crippen LogP) is 3.46. The quantitative estimate of drug-likeness (QED) is 0.863. The standard InChI is InChI=1S/C15H13BrF2N2O/c16-11-2-1-3-13(6-11)20-15(21)9-19-8-10-4-5-12(17)7-14(10)18/h1-7,19H,8-9H2,(H,20,21). The number of amides is 1. The Morgan fingerprint density at radius 2 is 1.95 bits per heavy atom. The fraction of sp³-hybridized carbons (Fsp3) is 0.133. The molecule has 3 nitrogen and oxygen atoms in total. The van der Waals surface area contributed by atoms with Crippen molar-refractivity contribution < 1.29 is 13.6 Å². The van der Waals surface area contributed by atoms with E-state index in [1.807, 2.05) is 6.07 Å². The summed E-state index contributed by atoms with van der Waals surface area (Å²) in [6, 6.07) is 10.6. The highest BCUT2D eigenvalue weighted by Crippen LogP contribution is 2.15. The summed E-state index contributed by atoms with van der Waals surface area (Å²) in [4.78, 5) is 11.7. The van der Waals surface area contributed by atoms with Gasteiger partial charge in [-0.05, 0) is 24.3 Å². The SMILES string of the molecule is O=C(CNCc1ccc(F)cc1F)Nc1cccc(Br)c1. The smallest absolute Gasteiger partial charge is 0.238 e. The van der Waals surface area contributed by atoms with E-state index in [0.29, 0.717) is 11.3 Å². The third-order valence-electron chi connectivity index (χ3n) is 2.72. The van der Waals surface area contributed by atoms with Gasteiger partial charge < -0.3 is 10.6 Å². The largest absolute Gasteiger partial charge is 0.325 e. The van der Waals surface area contributed by atoms with E-state index in [1.54, 1.807) is 18.2 Å². The Hall–Kier alpha value is -1.79. The van der Waals surface area contributed by atoms with E-state index >= 15 is 0 Å². The third-order valence-corrected chi connectivity index (χ3v) is 3.22. The van der Waals surface area contributed by atoms with E-state index in [0.717, 1.165) is 10.5 Å². The minimum atomic E-state index is -0.630. The van der Waals surface area contributed by atoms with Crippen LogP contribution in [-0.4, -0.2) is 12.5 Å². The fourth-order valence-corrected chi connectivity index (χ4v) is 2.15. The van der Waals surface area contributed by atoms with Crippen LogP contribution in [-0.2, 0) is 11.3 Å². The first-order valence-corrected chi connectivity index (χ1v) is 7.04. The van der Waals surface area contributed by atoms with Gasteiger partial charge in [0.1, 0.15) is 11.6 Å². The molecule has 21 heavy (non-hydrogen) atoms. The molecule has 0 unspecified atom stereocenters. The average molecular weight is 355 g/mol. The molecule has 0 aliphatic rings. The average Bonchev–Trinajstić information content (AvgIpc) is 2.41. The van der Waals surface area contributed by atoms with Crippen LogP contribution in [0.25, 0.3) is 0 Å². The molecule has 0 saturated heterocycles. The third kappa shape index (κ3) is 4.91. The van der Waals surface area contributed by atoms with Gasteiger partial charge in [-0.2, -0.15) is 0 Å². The van der Waals surface area contributed by atoms with Gasteiger partial charge >= 0.3 is 0 Å². The summed E-state index contributed by atoms with van der Waals surface area (Å²) in [5, 5.41) is 5.52. The molecule has 2 rings (SSSR count). The lowest BCUT2D eigenvalue weighted by Gasteiger charge is -2.08. The van der Waals surface area contributed by atoms with Gasteiger partial charge in [0.2, 0.25) is 5.91 Å². The second kappa shape index (κ2) is 7.28. The van der Waals surface area contributed by atoms with E-state index < -0.39 is 11.6 Å². The Bertz CT molecular complexity index is 649. The molecule has 2 N–H and O–H groups in total. The van der Waals surface area contributed by atoms with Crippen LogP contribution in [0.1, 0.15) is 5.56 Å². The zero-order valence-corrected chi connectivity index (χ0v) is 12.6. The maximum absolute atomic E-state index is 13.4. The Kier molecular flexibility index (Phi) is 5.41. The van der Waals surface area contributed by atoms with Crippen molar-refractivity contribution in [2.75, 3.05) is 11.9 Å². The first kappa shape index (κ1) is 15.6. The van der Waals surface area contributed by atoms with Gasteiger partial charge in [-0.25, -0.2) is 8.78 Å². The van der Waals surface area contributed by atoms with E-state index in [9.17, 15) is 13.6 Å². The van der Waals surface area contributed by atoms with Crippen molar-refractivity contribution in [3.8, 4) is 0 Å². The highest BCUT2D eigenvalue weighted by molar-refractivity contribution is 9.10. The molecular formula is C15H13BrF2N2O. The summed E-state index contributed by atoms with van der Waals surface area (Å²) in [6.07, 6.45) is 0. The van der Waals surface area contributed by atoms with Crippen LogP contribution in [0.2, 0.25) is 0 Å². The number of rotatable bonds is 5. The number of carbonyl (C=O) groups excluding carboxylic acids is 1. The Morgan fingerprint density at radius 1 is 1.14 bits per heavy atom. The molecule has 2 aromatic rings. The summed E-state index contributed by atoms with van der Waals surface area (Å²) < 4.78 is 27.0. The van der Waals surface area contributed by atoms with E-state index in [-0.39, 0.29) is 19.0 Å². The molecule has 2 aromatic carbocycles. The maximum atomic E-state index is 13.4. The van der Waals surface area contributed by atoms with Crippen molar-refractivity contribution in [1.29, 1.82) is 0 Å². The zero-order chi connectivity index (χ0) is 15.2. The zero-order valence-electron chi connectivity index (χ0n) is 11.0. The number of hydrogen-bond donors (Lipinski definition) is 2. The maximum Gasteiger partial charge on any atom is 0.238 e. The Morgan fingerprint density at radius 3 is 2.67 bits per heavy atom. The van der Waals surface area contributed by atoms with Crippen LogP contribution in [0, 0.1) is 11.6 Å². The van der Waals surface area contributed by atoms with Gasteiger partial charge in [0.15, 0.2) is 0 Å². The minimum Gasteiger partial charge on any atom is -0.325 e. The molecule has 0 saturated carbocycles. The van der Waals surface area contributed by atoms with Gasteiger partial charge in [0.05, 0.1) is 6.54 Å². The first-order chi connectivity index (χ1) is 10.0. The first-order valence-electron chi connectivity index (χ1n) is 6.24. The lowest BCUT2D eigenvalue weighted by Crippen LogP contribution is -2.28. The van der Waals surface area contributed by atoms with Gasteiger partial charge in [0, 0.05) is 28.3 Å². The molecule has 0 radical (unpaired) electrons. The molecule has 0 aliphatic heterocycles. The van der Waals surface area contributed by atoms with Crippen molar-refractivity contribution in [3.05, 3.63) is 64.1 Å². The van der Waals surface area contributed by atoms with Crippen molar-refractivity contribution >= 4 is 27.5 Å². The summed E-state index contributed by atoms with van der Waals surface area (Å²) in [7, 11) is 0. The fourth-order valence-electron chi connectivity index (χ4n) is 1.75. The van der Waals surface area contributed by atoms with E-state index in [4.69, 9.17) is 0 Å². The molecule has 110 valence electrons. The summed E-state index contributed by atoms with van der Waals surface area (Å²) in [5.74, 6) is -1.49. The van der Waals surface area contributed by atoms with E-state index in [1.165, 1.54) is 12.1 Å². The number of carbonyl (C=O) groups is 1. The van der Waals surface area contributed by atoms with Crippen molar-refractivity contribution in [2.24, 2.45) is 0 Å². The highest BCUT2D eigenvalue weighted by Gasteiger charge is 2.05. The number of hydrogen-bond acceptors (Lipinski definition) is 2. The van der Waals surface area contributed by atoms with Crippen LogP contribution < -0.4 is 10.6 Å². The molecule has 6 heteroatoms. The number of anilines is 1. The van der Waals surface area contributed by atoms with Gasteiger partial charge in [-0.1, -0.05) is 28.1 Å². The minimum absolute atomic E-state index is 0.0311.